The van der Waals surface area contributed by atoms with E-state index < -0.39 is 23.5 Å². The Morgan fingerprint density at radius 2 is 2.21 bits per heavy atom. The average Bonchev–Trinajstić information content (AvgIpc) is 2.73. The van der Waals surface area contributed by atoms with Gasteiger partial charge in [-0.2, -0.15) is 0 Å². The number of rotatable bonds is 4. The van der Waals surface area contributed by atoms with Gasteiger partial charge in [-0.1, -0.05) is 6.07 Å². The number of carboxylic acid groups (broad SMARTS) is 1. The molecule has 0 aliphatic carbocycles. The third-order valence-corrected chi connectivity index (χ3v) is 2.89. The lowest BCUT2D eigenvalue weighted by Crippen LogP contribution is -2.14. The highest BCUT2D eigenvalue weighted by atomic mass is 19.1. The zero-order valence-corrected chi connectivity index (χ0v) is 10.2. The van der Waals surface area contributed by atoms with E-state index in [0.29, 0.717) is 5.82 Å². The van der Waals surface area contributed by atoms with Crippen molar-refractivity contribution in [2.45, 2.75) is 12.3 Å². The molecule has 0 bridgehead atoms. The monoisotopic (exact) mass is 266 g/mol. The van der Waals surface area contributed by atoms with Gasteiger partial charge >= 0.3 is 5.97 Å². The average molecular weight is 266 g/mol. The van der Waals surface area contributed by atoms with E-state index in [4.69, 9.17) is 5.11 Å². The molecule has 1 unspecified atom stereocenters. The predicted molar refractivity (Wildman–Crippen MR) is 63.7 cm³/mol. The van der Waals surface area contributed by atoms with Crippen LogP contribution in [-0.2, 0) is 11.8 Å². The van der Waals surface area contributed by atoms with Crippen molar-refractivity contribution in [3.63, 3.8) is 0 Å². The molecule has 2 aromatic rings. The Kier molecular flexibility index (Phi) is 3.59. The van der Waals surface area contributed by atoms with E-state index >= 15 is 0 Å². The molecule has 0 saturated carbocycles. The second kappa shape index (κ2) is 5.17. The molecule has 1 N–H and O–H groups in total. The predicted octanol–water partition coefficient (Wildman–Crippen LogP) is 2.30. The molecule has 0 aliphatic heterocycles. The van der Waals surface area contributed by atoms with Gasteiger partial charge in [0.05, 0.1) is 12.3 Å². The zero-order chi connectivity index (χ0) is 14.0. The highest BCUT2D eigenvalue weighted by Gasteiger charge is 2.24. The first kappa shape index (κ1) is 13.2. The fourth-order valence-electron chi connectivity index (χ4n) is 2.01. The molecule has 0 saturated heterocycles. The Labute approximate surface area is 108 Å². The number of nitrogens with zero attached hydrogens (tertiary/aromatic N) is 2. The van der Waals surface area contributed by atoms with Crippen LogP contribution in [0, 0.1) is 11.6 Å². The second-order valence-electron chi connectivity index (χ2n) is 4.21. The Morgan fingerprint density at radius 1 is 1.47 bits per heavy atom. The molecular weight excluding hydrogens is 254 g/mol. The molecule has 1 aromatic carbocycles. The Hall–Kier alpha value is -2.24. The Bertz CT molecular complexity index is 610. The minimum absolute atomic E-state index is 0.123. The summed E-state index contributed by atoms with van der Waals surface area (Å²) in [6.45, 7) is 0. The Morgan fingerprint density at radius 3 is 2.74 bits per heavy atom. The van der Waals surface area contributed by atoms with Crippen LogP contribution in [0.1, 0.15) is 23.7 Å². The second-order valence-corrected chi connectivity index (χ2v) is 4.21. The van der Waals surface area contributed by atoms with Gasteiger partial charge in [0.25, 0.3) is 0 Å². The lowest BCUT2D eigenvalue weighted by atomic mass is 9.94. The maximum Gasteiger partial charge on any atom is 0.304 e. The first-order valence-electron chi connectivity index (χ1n) is 5.63. The largest absolute Gasteiger partial charge is 0.481 e. The molecule has 0 radical (unpaired) electrons. The minimum Gasteiger partial charge on any atom is -0.481 e. The number of carboxylic acids is 1. The first-order chi connectivity index (χ1) is 8.99. The van der Waals surface area contributed by atoms with Crippen molar-refractivity contribution in [3.8, 4) is 0 Å². The molecule has 1 aromatic heterocycles. The number of aryl methyl sites for hydroxylation is 1. The molecule has 100 valence electrons. The summed E-state index contributed by atoms with van der Waals surface area (Å²) >= 11 is 0. The first-order valence-corrected chi connectivity index (χ1v) is 5.63. The summed E-state index contributed by atoms with van der Waals surface area (Å²) in [5, 5.41) is 8.95. The number of halogens is 2. The van der Waals surface area contributed by atoms with Gasteiger partial charge in [0.15, 0.2) is 0 Å². The number of aromatic nitrogens is 2. The van der Waals surface area contributed by atoms with Crippen molar-refractivity contribution in [1.82, 2.24) is 9.55 Å². The standard InChI is InChI=1S/C13H12F2N2O2/c1-17-5-4-16-13(17)10(7-12(18)19)9-3-2-8(14)6-11(9)15/h2-6,10H,7H2,1H3,(H,18,19). The van der Waals surface area contributed by atoms with Crippen LogP contribution >= 0.6 is 0 Å². The summed E-state index contributed by atoms with van der Waals surface area (Å²) in [5.41, 5.74) is 0.123. The van der Waals surface area contributed by atoms with Crippen molar-refractivity contribution < 1.29 is 18.7 Å². The fraction of sp³-hybridized carbons (Fsp3) is 0.231. The normalized spacial score (nSPS) is 12.4. The van der Waals surface area contributed by atoms with Crippen molar-refractivity contribution in [2.24, 2.45) is 7.05 Å². The fourth-order valence-corrected chi connectivity index (χ4v) is 2.01. The topological polar surface area (TPSA) is 55.1 Å². The molecule has 4 nitrogen and oxygen atoms in total. The van der Waals surface area contributed by atoms with Crippen LogP contribution in [-0.4, -0.2) is 20.6 Å². The number of carbonyl (C=O) groups is 1. The SMILES string of the molecule is Cn1ccnc1C(CC(=O)O)c1ccc(F)cc1F. The van der Waals surface area contributed by atoms with E-state index in [-0.39, 0.29) is 12.0 Å². The van der Waals surface area contributed by atoms with Gasteiger partial charge < -0.3 is 9.67 Å². The van der Waals surface area contributed by atoms with Crippen LogP contribution in [0.15, 0.2) is 30.6 Å². The van der Waals surface area contributed by atoms with E-state index in [1.165, 1.54) is 12.3 Å². The van der Waals surface area contributed by atoms with Crippen LogP contribution in [0.3, 0.4) is 0 Å². The quantitative estimate of drug-likeness (QED) is 0.923. The highest BCUT2D eigenvalue weighted by molar-refractivity contribution is 5.68. The summed E-state index contributed by atoms with van der Waals surface area (Å²) in [6.07, 6.45) is 2.84. The summed E-state index contributed by atoms with van der Waals surface area (Å²) < 4.78 is 28.3. The van der Waals surface area contributed by atoms with Gasteiger partial charge in [0.2, 0.25) is 0 Å². The van der Waals surface area contributed by atoms with Gasteiger partial charge in [0, 0.05) is 25.5 Å². The zero-order valence-electron chi connectivity index (χ0n) is 10.2. The number of hydrogen-bond donors (Lipinski definition) is 1. The van der Waals surface area contributed by atoms with Crippen LogP contribution in [0.5, 0.6) is 0 Å². The minimum atomic E-state index is -1.07. The van der Waals surface area contributed by atoms with E-state index in [0.717, 1.165) is 12.1 Å². The molecule has 19 heavy (non-hydrogen) atoms. The van der Waals surface area contributed by atoms with Gasteiger partial charge in [-0.05, 0) is 11.6 Å². The number of benzene rings is 1. The van der Waals surface area contributed by atoms with Crippen molar-refractivity contribution in [3.05, 3.63) is 53.6 Å². The molecule has 2 rings (SSSR count). The smallest absolute Gasteiger partial charge is 0.304 e. The summed E-state index contributed by atoms with van der Waals surface area (Å²) in [6, 6.07) is 3.11. The van der Waals surface area contributed by atoms with E-state index in [9.17, 15) is 13.6 Å². The molecule has 0 amide bonds. The third kappa shape index (κ3) is 2.78. The summed E-state index contributed by atoms with van der Waals surface area (Å²) in [4.78, 5) is 15.0. The molecule has 0 spiro atoms. The van der Waals surface area contributed by atoms with Gasteiger partial charge in [0.1, 0.15) is 17.5 Å². The molecule has 0 aliphatic rings. The molecule has 0 fully saturated rings. The van der Waals surface area contributed by atoms with E-state index in [1.54, 1.807) is 17.8 Å². The maximum absolute atomic E-state index is 13.8. The highest BCUT2D eigenvalue weighted by Crippen LogP contribution is 2.29. The summed E-state index contributed by atoms with van der Waals surface area (Å²) in [5.74, 6) is -2.87. The maximum atomic E-state index is 13.8. The van der Waals surface area contributed by atoms with Crippen molar-refractivity contribution in [2.75, 3.05) is 0 Å². The number of hydrogen-bond acceptors (Lipinski definition) is 2. The number of aliphatic carboxylic acids is 1. The van der Waals surface area contributed by atoms with Crippen LogP contribution in [0.25, 0.3) is 0 Å². The third-order valence-electron chi connectivity index (χ3n) is 2.89. The summed E-state index contributed by atoms with van der Waals surface area (Å²) in [7, 11) is 1.69. The van der Waals surface area contributed by atoms with Crippen LogP contribution in [0.2, 0.25) is 0 Å². The van der Waals surface area contributed by atoms with Gasteiger partial charge in [-0.15, -0.1) is 0 Å². The lowest BCUT2D eigenvalue weighted by molar-refractivity contribution is -0.137. The number of imidazole rings is 1. The van der Waals surface area contributed by atoms with Crippen molar-refractivity contribution in [1.29, 1.82) is 0 Å². The molecular formula is C13H12F2N2O2. The van der Waals surface area contributed by atoms with Gasteiger partial charge in [-0.25, -0.2) is 13.8 Å². The molecule has 1 atom stereocenters. The lowest BCUT2D eigenvalue weighted by Gasteiger charge is -2.16. The van der Waals surface area contributed by atoms with E-state index in [2.05, 4.69) is 4.98 Å². The van der Waals surface area contributed by atoms with Crippen molar-refractivity contribution >= 4 is 5.97 Å². The molecule has 1 heterocycles. The molecule has 6 heteroatoms. The Balaban J connectivity index is 2.49. The van der Waals surface area contributed by atoms with Gasteiger partial charge in [-0.3, -0.25) is 4.79 Å². The van der Waals surface area contributed by atoms with Crippen LogP contribution < -0.4 is 0 Å². The van der Waals surface area contributed by atoms with Crippen LogP contribution in [0.4, 0.5) is 8.78 Å². The van der Waals surface area contributed by atoms with E-state index in [1.807, 2.05) is 0 Å².